The molecule has 292 valence electrons. The van der Waals surface area contributed by atoms with E-state index in [4.69, 9.17) is 9.47 Å². The van der Waals surface area contributed by atoms with Gasteiger partial charge in [-0.1, -0.05) is 49.6 Å². The lowest BCUT2D eigenvalue weighted by Crippen LogP contribution is -2.47. The van der Waals surface area contributed by atoms with E-state index < -0.39 is 55.7 Å². The number of aryl methyl sites for hydroxylation is 1. The number of ketones is 1. The molecule has 5 aliphatic rings. The average Bonchev–Trinajstić information content (AvgIpc) is 4.04. The van der Waals surface area contributed by atoms with Gasteiger partial charge in [-0.2, -0.15) is 0 Å². The molecule has 1 aromatic carbocycles. The second kappa shape index (κ2) is 14.7. The first kappa shape index (κ1) is 38.4. The monoisotopic (exact) mass is 763 g/mol. The van der Waals surface area contributed by atoms with E-state index in [0.717, 1.165) is 48.6 Å². The molecule has 3 fully saturated rings. The Hall–Kier alpha value is -3.84. The molecule has 2 aromatic rings. The van der Waals surface area contributed by atoms with Crippen molar-refractivity contribution in [3.05, 3.63) is 47.7 Å². The van der Waals surface area contributed by atoms with Gasteiger partial charge in [-0.15, -0.1) is 0 Å². The molecule has 1 aromatic heterocycles. The first-order chi connectivity index (χ1) is 25.6. The van der Waals surface area contributed by atoms with Crippen LogP contribution in [0, 0.1) is 17.3 Å². The number of aromatic nitrogens is 1. The van der Waals surface area contributed by atoms with Crippen LogP contribution < -0.4 is 9.46 Å². The molecule has 12 nitrogen and oxygen atoms in total. The van der Waals surface area contributed by atoms with E-state index >= 15 is 0 Å². The maximum atomic E-state index is 14.8. The van der Waals surface area contributed by atoms with Gasteiger partial charge in [0.15, 0.2) is 5.78 Å². The zero-order valence-electron chi connectivity index (χ0n) is 31.6. The molecular formula is C41H53N3O9S. The number of carbonyl (C=O) groups is 4. The summed E-state index contributed by atoms with van der Waals surface area (Å²) < 4.78 is 40.7. The number of nitrogens with one attached hydrogen (secondary N) is 1. The summed E-state index contributed by atoms with van der Waals surface area (Å²) in [6.07, 6.45) is 10.8. The normalized spacial score (nSPS) is 29.9. The van der Waals surface area contributed by atoms with Crippen molar-refractivity contribution in [1.29, 1.82) is 0 Å². The van der Waals surface area contributed by atoms with Crippen LogP contribution in [0.2, 0.25) is 0 Å². The molecule has 1 saturated heterocycles. The third kappa shape index (κ3) is 7.94. The zero-order valence-corrected chi connectivity index (χ0v) is 32.4. The summed E-state index contributed by atoms with van der Waals surface area (Å²) in [5, 5.41) is 10.7. The van der Waals surface area contributed by atoms with E-state index in [1.54, 1.807) is 25.7 Å². The maximum absolute atomic E-state index is 14.8. The molecule has 0 unspecified atom stereocenters. The number of hydrogen-bond donors (Lipinski definition) is 2. The lowest BCUT2D eigenvalue weighted by molar-refractivity contribution is -0.159. The maximum Gasteiger partial charge on any atom is 0.307 e. The van der Waals surface area contributed by atoms with Crippen molar-refractivity contribution in [2.75, 3.05) is 6.54 Å². The summed E-state index contributed by atoms with van der Waals surface area (Å²) in [5.41, 5.74) is -0.952. The molecule has 2 aliphatic carbocycles. The Balaban J connectivity index is 1.24. The van der Waals surface area contributed by atoms with Crippen LogP contribution in [0.5, 0.6) is 5.75 Å². The number of Topliss-reactive ketones (excluding diaryl/α,β-unsaturated/α-hetero) is 1. The van der Waals surface area contributed by atoms with E-state index in [1.165, 1.54) is 0 Å². The number of hydrogen-bond acceptors (Lipinski definition) is 10. The highest BCUT2D eigenvalue weighted by Crippen LogP contribution is 2.58. The van der Waals surface area contributed by atoms with Crippen molar-refractivity contribution in [3.63, 3.8) is 0 Å². The van der Waals surface area contributed by atoms with E-state index in [2.05, 4.69) is 9.71 Å². The number of carbonyl (C=O) groups excluding carboxylic acids is 4. The van der Waals surface area contributed by atoms with Gasteiger partial charge in [-0.05, 0) is 84.1 Å². The minimum atomic E-state index is -3.86. The minimum absolute atomic E-state index is 0.0722. The molecule has 13 heteroatoms. The Morgan fingerprint density at radius 2 is 1.83 bits per heavy atom. The number of sulfonamides is 1. The second-order valence-electron chi connectivity index (χ2n) is 17.2. The van der Waals surface area contributed by atoms with E-state index in [0.29, 0.717) is 50.0 Å². The van der Waals surface area contributed by atoms with Crippen LogP contribution in [-0.4, -0.2) is 76.0 Å². The number of amides is 2. The Morgan fingerprint density at radius 1 is 1.07 bits per heavy atom. The number of nitrogens with zero attached hydrogens (tertiary/aromatic N) is 2. The quantitative estimate of drug-likeness (QED) is 0.294. The lowest BCUT2D eigenvalue weighted by atomic mass is 9.85. The summed E-state index contributed by atoms with van der Waals surface area (Å²) >= 11 is 0. The van der Waals surface area contributed by atoms with E-state index in [9.17, 15) is 32.7 Å². The molecule has 3 aliphatic heterocycles. The molecule has 5 atom stereocenters. The fraction of sp³-hybridized carbons (Fsp3) is 0.634. The van der Waals surface area contributed by atoms with Crippen molar-refractivity contribution in [1.82, 2.24) is 14.6 Å². The van der Waals surface area contributed by atoms with Gasteiger partial charge in [0.2, 0.25) is 21.8 Å². The predicted molar refractivity (Wildman–Crippen MR) is 201 cm³/mol. The molecule has 1 spiro atoms. The van der Waals surface area contributed by atoms with Crippen LogP contribution in [0.4, 0.5) is 0 Å². The first-order valence-corrected chi connectivity index (χ1v) is 21.2. The van der Waals surface area contributed by atoms with Gasteiger partial charge >= 0.3 is 5.97 Å². The topological polar surface area (TPSA) is 169 Å². The fourth-order valence-electron chi connectivity index (χ4n) is 8.79. The van der Waals surface area contributed by atoms with Crippen molar-refractivity contribution < 1.29 is 42.2 Å². The van der Waals surface area contributed by atoms with Crippen LogP contribution in [-0.2, 0) is 47.0 Å². The van der Waals surface area contributed by atoms with Crippen LogP contribution >= 0.6 is 0 Å². The molecule has 4 heterocycles. The zero-order chi connectivity index (χ0) is 38.5. The Bertz CT molecular complexity index is 1970. The van der Waals surface area contributed by atoms with Crippen LogP contribution in [0.3, 0.4) is 0 Å². The number of benzene rings is 1. The molecular weight excluding hydrogens is 711 g/mol. The van der Waals surface area contributed by atoms with E-state index in [-0.39, 0.29) is 50.0 Å². The summed E-state index contributed by atoms with van der Waals surface area (Å²) in [5.74, 6) is -2.42. The fourth-order valence-corrected chi connectivity index (χ4v) is 10.2. The summed E-state index contributed by atoms with van der Waals surface area (Å²) in [4.78, 5) is 62.9. The molecule has 0 bridgehead atoms. The number of allylic oxidation sites excluding steroid dienone is 2. The third-order valence-corrected chi connectivity index (χ3v) is 13.7. The van der Waals surface area contributed by atoms with Gasteiger partial charge in [0, 0.05) is 29.7 Å². The predicted octanol–water partition coefficient (Wildman–Crippen LogP) is 5.22. The highest BCUT2D eigenvalue weighted by molar-refractivity contribution is 7.90. The molecule has 54 heavy (non-hydrogen) atoms. The van der Waals surface area contributed by atoms with Gasteiger partial charge < -0.3 is 19.5 Å². The van der Waals surface area contributed by atoms with Crippen LogP contribution in [0.1, 0.15) is 115 Å². The minimum Gasteiger partial charge on any atom is -0.483 e. The summed E-state index contributed by atoms with van der Waals surface area (Å²) in [6, 6.07) is 6.68. The summed E-state index contributed by atoms with van der Waals surface area (Å²) in [7, 11) is -3.86. The van der Waals surface area contributed by atoms with Gasteiger partial charge in [0.05, 0.1) is 41.8 Å². The smallest absolute Gasteiger partial charge is 0.307 e. The number of aliphatic hydroxyl groups excluding tert-OH is 1. The Morgan fingerprint density at radius 3 is 2.57 bits per heavy atom. The molecule has 7 rings (SSSR count). The van der Waals surface area contributed by atoms with Gasteiger partial charge in [0.1, 0.15) is 22.6 Å². The van der Waals surface area contributed by atoms with Crippen molar-refractivity contribution in [3.8, 4) is 5.75 Å². The largest absolute Gasteiger partial charge is 0.483 e. The standard InChI is InChI=1S/C41H53N3O9S/c1-39(2,3)52-35(47)20-26-12-8-6-4-5-7-9-13-27-21-41(27,38(49)43-54(50,51)28-16-17-28)23-34(46)33-22-40(25-44(33)37(26)48)19-18-30-29-14-10-11-15-31(29)42-32(24-45)36(30)53-40/h9-11,13-15,26-28,33,45H,4-8,12,16-25H2,1-3H3,(H,43,49)/b13-9-/t26-,27-,33+,40-,41-/m1/s1. The van der Waals surface area contributed by atoms with Crippen molar-refractivity contribution in [2.45, 2.75) is 140 Å². The first-order valence-electron chi connectivity index (χ1n) is 19.6. The highest BCUT2D eigenvalue weighted by atomic mass is 32.2. The van der Waals surface area contributed by atoms with Gasteiger partial charge in [-0.3, -0.25) is 23.9 Å². The summed E-state index contributed by atoms with van der Waals surface area (Å²) in [6.45, 7) is 5.06. The third-order valence-electron chi connectivity index (χ3n) is 11.9. The van der Waals surface area contributed by atoms with Gasteiger partial charge in [0.25, 0.3) is 0 Å². The van der Waals surface area contributed by atoms with Crippen LogP contribution in [0.15, 0.2) is 36.4 Å². The number of pyridine rings is 1. The van der Waals surface area contributed by atoms with Gasteiger partial charge in [-0.25, -0.2) is 13.4 Å². The molecule has 2 N–H and O–H groups in total. The average molecular weight is 764 g/mol. The molecule has 2 amide bonds. The Labute approximate surface area is 317 Å². The van der Waals surface area contributed by atoms with Crippen molar-refractivity contribution in [2.24, 2.45) is 17.3 Å². The van der Waals surface area contributed by atoms with Crippen molar-refractivity contribution >= 4 is 44.5 Å². The number of para-hydroxylation sites is 1. The number of aliphatic hydroxyl groups is 1. The SMILES string of the molecule is CC(C)(C)OC(=O)C[C@H]1CCCCCC/C=C\[C@@H]2C[C@@]2(C(=O)NS(=O)(=O)C2CC2)CC(=O)[C@@H]2C[C@]3(CCc4c(c(CO)nc5ccccc45)O3)CN2C1=O. The Kier molecular flexibility index (Phi) is 10.4. The number of fused-ring (bicyclic) bond motifs is 5. The second-order valence-corrected chi connectivity index (χ2v) is 19.2. The number of ether oxygens (including phenoxy) is 2. The number of rotatable bonds is 6. The molecule has 2 saturated carbocycles. The highest BCUT2D eigenvalue weighted by Gasteiger charge is 2.62. The van der Waals surface area contributed by atoms with E-state index in [1.807, 2.05) is 36.4 Å². The molecule has 0 radical (unpaired) electrons. The lowest BCUT2D eigenvalue weighted by Gasteiger charge is -2.37. The van der Waals surface area contributed by atoms with Crippen LogP contribution in [0.25, 0.3) is 10.9 Å². The number of esters is 1.